The van der Waals surface area contributed by atoms with E-state index in [1.807, 2.05) is 0 Å². The first-order chi connectivity index (χ1) is 13.9. The highest BCUT2D eigenvalue weighted by Crippen LogP contribution is 2.38. The molecule has 0 aliphatic heterocycles. The molecule has 134 valence electrons. The summed E-state index contributed by atoms with van der Waals surface area (Å²) in [7, 11) is 0. The van der Waals surface area contributed by atoms with E-state index in [1.165, 1.54) is 38.6 Å². The largest absolute Gasteiger partial charge is 0.349 e. The van der Waals surface area contributed by atoms with Gasteiger partial charge in [-0.15, -0.1) is 0 Å². The Labute approximate surface area is 165 Å². The molecule has 0 N–H and O–H groups in total. The topological polar surface area (TPSA) is 4.93 Å². The molecule has 1 heteroatoms. The van der Waals surface area contributed by atoms with Gasteiger partial charge in [0.1, 0.15) is 0 Å². The molecule has 0 spiro atoms. The highest BCUT2D eigenvalue weighted by atomic mass is 14.9. The average molecular weight is 359 g/mol. The maximum Gasteiger partial charge on any atom is 0.0470 e. The SMILES string of the molecule is c1ccc(Cn2cc3ccc(-c4ccccc4)c(-c4ccccc4)c3c2)cc1. The predicted octanol–water partition coefficient (Wildman–Crippen LogP) is 7.02. The van der Waals surface area contributed by atoms with Gasteiger partial charge in [0.2, 0.25) is 0 Å². The predicted molar refractivity (Wildman–Crippen MR) is 118 cm³/mol. The van der Waals surface area contributed by atoms with Crippen LogP contribution in [0, 0.1) is 0 Å². The fraction of sp³-hybridized carbons (Fsp3) is 0.0370. The lowest BCUT2D eigenvalue weighted by Crippen LogP contribution is -1.95. The molecule has 5 aromatic rings. The summed E-state index contributed by atoms with van der Waals surface area (Å²) in [6, 6.07) is 36.5. The third-order valence-electron chi connectivity index (χ3n) is 5.23. The van der Waals surface area contributed by atoms with Gasteiger partial charge in [-0.25, -0.2) is 0 Å². The van der Waals surface area contributed by atoms with Crippen LogP contribution >= 0.6 is 0 Å². The molecule has 0 aliphatic carbocycles. The molecule has 0 radical (unpaired) electrons. The Balaban J connectivity index is 1.71. The standard InChI is InChI=1S/C27H21N/c1-4-10-21(11-5-1)18-28-19-24-16-17-25(22-12-6-2-7-13-22)27(26(24)20-28)23-14-8-3-9-15-23/h1-17,19-20H,18H2. The number of benzene rings is 4. The molecule has 0 amide bonds. The fourth-order valence-electron chi connectivity index (χ4n) is 3.93. The van der Waals surface area contributed by atoms with Gasteiger partial charge in [-0.05, 0) is 27.8 Å². The number of fused-ring (bicyclic) bond motifs is 1. The van der Waals surface area contributed by atoms with Crippen LogP contribution in [0.25, 0.3) is 33.0 Å². The van der Waals surface area contributed by atoms with E-state index in [-0.39, 0.29) is 0 Å². The highest BCUT2D eigenvalue weighted by molar-refractivity contribution is 6.04. The van der Waals surface area contributed by atoms with Crippen molar-refractivity contribution in [2.75, 3.05) is 0 Å². The van der Waals surface area contributed by atoms with Gasteiger partial charge in [-0.1, -0.05) is 103 Å². The quantitative estimate of drug-likeness (QED) is 0.325. The molecular formula is C27H21N. The summed E-state index contributed by atoms with van der Waals surface area (Å²) in [5, 5.41) is 2.57. The van der Waals surface area contributed by atoms with E-state index in [0.717, 1.165) is 6.54 Å². The van der Waals surface area contributed by atoms with Crippen molar-refractivity contribution >= 4 is 10.8 Å². The van der Waals surface area contributed by atoms with Crippen LogP contribution in [0.15, 0.2) is 116 Å². The van der Waals surface area contributed by atoms with E-state index in [2.05, 4.69) is 120 Å². The molecule has 0 aliphatic rings. The van der Waals surface area contributed by atoms with Crippen LogP contribution in [-0.4, -0.2) is 4.57 Å². The Bertz CT molecular complexity index is 1200. The van der Waals surface area contributed by atoms with Crippen molar-refractivity contribution in [1.29, 1.82) is 0 Å². The van der Waals surface area contributed by atoms with Gasteiger partial charge in [-0.3, -0.25) is 0 Å². The first kappa shape index (κ1) is 16.6. The smallest absolute Gasteiger partial charge is 0.0470 e. The van der Waals surface area contributed by atoms with Gasteiger partial charge < -0.3 is 4.57 Å². The van der Waals surface area contributed by atoms with Gasteiger partial charge in [0.05, 0.1) is 0 Å². The average Bonchev–Trinajstić information content (AvgIpc) is 3.17. The van der Waals surface area contributed by atoms with Gasteiger partial charge in [0, 0.05) is 29.7 Å². The summed E-state index contributed by atoms with van der Waals surface area (Å²) in [4.78, 5) is 0. The summed E-state index contributed by atoms with van der Waals surface area (Å²) in [6.07, 6.45) is 4.54. The summed E-state index contributed by atoms with van der Waals surface area (Å²) >= 11 is 0. The number of hydrogen-bond acceptors (Lipinski definition) is 0. The summed E-state index contributed by atoms with van der Waals surface area (Å²) in [5.74, 6) is 0. The van der Waals surface area contributed by atoms with E-state index < -0.39 is 0 Å². The van der Waals surface area contributed by atoms with Crippen LogP contribution in [0.3, 0.4) is 0 Å². The van der Waals surface area contributed by atoms with E-state index in [9.17, 15) is 0 Å². The lowest BCUT2D eigenvalue weighted by molar-refractivity contribution is 0.810. The van der Waals surface area contributed by atoms with Crippen molar-refractivity contribution in [2.45, 2.75) is 6.54 Å². The number of nitrogens with zero attached hydrogens (tertiary/aromatic N) is 1. The van der Waals surface area contributed by atoms with Crippen molar-refractivity contribution in [3.05, 3.63) is 121 Å². The summed E-state index contributed by atoms with van der Waals surface area (Å²) in [5.41, 5.74) is 6.39. The van der Waals surface area contributed by atoms with Gasteiger partial charge in [0.25, 0.3) is 0 Å². The zero-order valence-electron chi connectivity index (χ0n) is 15.6. The molecule has 1 nitrogen and oxygen atoms in total. The molecule has 1 heterocycles. The molecule has 1 aromatic heterocycles. The minimum absolute atomic E-state index is 0.879. The maximum atomic E-state index is 2.29. The Hall–Kier alpha value is -3.58. The first-order valence-corrected chi connectivity index (χ1v) is 9.66. The zero-order chi connectivity index (χ0) is 18.8. The van der Waals surface area contributed by atoms with Crippen molar-refractivity contribution in [3.8, 4) is 22.3 Å². The van der Waals surface area contributed by atoms with E-state index in [0.29, 0.717) is 0 Å². The summed E-state index contributed by atoms with van der Waals surface area (Å²) < 4.78 is 2.29. The highest BCUT2D eigenvalue weighted by Gasteiger charge is 2.13. The zero-order valence-corrected chi connectivity index (χ0v) is 15.6. The Kier molecular flexibility index (Phi) is 4.27. The minimum Gasteiger partial charge on any atom is -0.349 e. The normalized spacial score (nSPS) is 11.0. The molecule has 0 saturated carbocycles. The first-order valence-electron chi connectivity index (χ1n) is 9.66. The monoisotopic (exact) mass is 359 g/mol. The molecule has 5 rings (SSSR count). The van der Waals surface area contributed by atoms with Crippen LogP contribution in [0.2, 0.25) is 0 Å². The Morgan fingerprint density at radius 2 is 1.14 bits per heavy atom. The van der Waals surface area contributed by atoms with Crippen LogP contribution in [-0.2, 0) is 6.54 Å². The fourth-order valence-corrected chi connectivity index (χ4v) is 3.93. The van der Waals surface area contributed by atoms with Crippen molar-refractivity contribution in [1.82, 2.24) is 4.57 Å². The lowest BCUT2D eigenvalue weighted by Gasteiger charge is -2.12. The van der Waals surface area contributed by atoms with Crippen LogP contribution in [0.5, 0.6) is 0 Å². The molecule has 0 fully saturated rings. The van der Waals surface area contributed by atoms with Crippen LogP contribution in [0.1, 0.15) is 5.56 Å². The van der Waals surface area contributed by atoms with Gasteiger partial charge >= 0.3 is 0 Å². The Morgan fingerprint density at radius 3 is 1.82 bits per heavy atom. The molecule has 0 atom stereocenters. The second kappa shape index (κ2) is 7.21. The molecule has 28 heavy (non-hydrogen) atoms. The van der Waals surface area contributed by atoms with Crippen LogP contribution in [0.4, 0.5) is 0 Å². The van der Waals surface area contributed by atoms with Crippen LogP contribution < -0.4 is 0 Å². The lowest BCUT2D eigenvalue weighted by atomic mass is 9.91. The van der Waals surface area contributed by atoms with E-state index in [1.54, 1.807) is 0 Å². The van der Waals surface area contributed by atoms with Crippen molar-refractivity contribution in [2.24, 2.45) is 0 Å². The molecule has 0 bridgehead atoms. The Morgan fingerprint density at radius 1 is 0.536 bits per heavy atom. The van der Waals surface area contributed by atoms with Crippen molar-refractivity contribution < 1.29 is 0 Å². The van der Waals surface area contributed by atoms with Crippen molar-refractivity contribution in [3.63, 3.8) is 0 Å². The number of hydrogen-bond donors (Lipinski definition) is 0. The third kappa shape index (κ3) is 3.12. The van der Waals surface area contributed by atoms with E-state index >= 15 is 0 Å². The minimum atomic E-state index is 0.879. The second-order valence-electron chi connectivity index (χ2n) is 7.14. The second-order valence-corrected chi connectivity index (χ2v) is 7.14. The third-order valence-corrected chi connectivity index (χ3v) is 5.23. The number of rotatable bonds is 4. The molecule has 4 aromatic carbocycles. The van der Waals surface area contributed by atoms with Gasteiger partial charge in [-0.2, -0.15) is 0 Å². The summed E-state index contributed by atoms with van der Waals surface area (Å²) in [6.45, 7) is 0.879. The molecule has 0 saturated heterocycles. The molecule has 0 unspecified atom stereocenters. The number of aromatic nitrogens is 1. The van der Waals surface area contributed by atoms with Gasteiger partial charge in [0.15, 0.2) is 0 Å². The van der Waals surface area contributed by atoms with E-state index in [4.69, 9.17) is 0 Å². The maximum absolute atomic E-state index is 2.29. The molecular weight excluding hydrogens is 338 g/mol.